The van der Waals surface area contributed by atoms with Crippen molar-refractivity contribution in [2.45, 2.75) is 26.4 Å². The van der Waals surface area contributed by atoms with E-state index in [0.717, 1.165) is 11.1 Å². The average Bonchev–Trinajstić information content (AvgIpc) is 3.06. The Morgan fingerprint density at radius 2 is 1.82 bits per heavy atom. The predicted octanol–water partition coefficient (Wildman–Crippen LogP) is 4.33. The van der Waals surface area contributed by atoms with Crippen molar-refractivity contribution in [3.05, 3.63) is 65.4 Å². The van der Waals surface area contributed by atoms with Crippen LogP contribution in [0.4, 0.5) is 5.69 Å². The summed E-state index contributed by atoms with van der Waals surface area (Å²) in [6, 6.07) is 15.4. The van der Waals surface area contributed by atoms with E-state index in [0.29, 0.717) is 17.1 Å². The third-order valence-corrected chi connectivity index (χ3v) is 4.52. The summed E-state index contributed by atoms with van der Waals surface area (Å²) in [5.74, 6) is 0.228. The van der Waals surface area contributed by atoms with Gasteiger partial charge in [0.25, 0.3) is 0 Å². The fourth-order valence-electron chi connectivity index (χ4n) is 2.85. The van der Waals surface area contributed by atoms with E-state index in [-0.39, 0.29) is 17.5 Å². The van der Waals surface area contributed by atoms with Crippen molar-refractivity contribution in [3.8, 4) is 0 Å². The molecule has 3 rings (SSSR count). The van der Waals surface area contributed by atoms with Gasteiger partial charge in [0.05, 0.1) is 6.61 Å². The van der Waals surface area contributed by atoms with Crippen LogP contribution in [0.2, 0.25) is 0 Å². The number of methoxy groups -OCH3 is 1. The predicted molar refractivity (Wildman–Crippen MR) is 114 cm³/mol. The van der Waals surface area contributed by atoms with E-state index >= 15 is 0 Å². The van der Waals surface area contributed by atoms with Gasteiger partial charge in [0.1, 0.15) is 5.58 Å². The lowest BCUT2D eigenvalue weighted by Crippen LogP contribution is -2.43. The molecule has 0 unspecified atom stereocenters. The molecule has 2 aromatic carbocycles. The van der Waals surface area contributed by atoms with Gasteiger partial charge in [0.15, 0.2) is 10.9 Å². The topological polar surface area (TPSA) is 75.5 Å². The Balaban J connectivity index is 1.64. The first kappa shape index (κ1) is 19.9. The van der Waals surface area contributed by atoms with Gasteiger partial charge >= 0.3 is 5.91 Å². The number of hydrogen-bond donors (Lipinski definition) is 3. The van der Waals surface area contributed by atoms with Crippen LogP contribution in [-0.2, 0) is 11.3 Å². The molecule has 0 bridgehead atoms. The van der Waals surface area contributed by atoms with Gasteiger partial charge in [0, 0.05) is 23.7 Å². The molecule has 0 aliphatic carbocycles. The Morgan fingerprint density at radius 1 is 1.11 bits per heavy atom. The molecule has 0 radical (unpaired) electrons. The van der Waals surface area contributed by atoms with E-state index < -0.39 is 5.91 Å². The van der Waals surface area contributed by atoms with E-state index in [1.807, 2.05) is 48.5 Å². The molecular weight excluding hydrogens is 374 g/mol. The molecule has 146 valence electrons. The first-order valence-corrected chi connectivity index (χ1v) is 9.37. The number of furan rings is 1. The van der Waals surface area contributed by atoms with Crippen LogP contribution in [0.1, 0.15) is 41.4 Å². The number of benzene rings is 2. The van der Waals surface area contributed by atoms with E-state index in [1.165, 1.54) is 5.56 Å². The van der Waals surface area contributed by atoms with Gasteiger partial charge in [-0.15, -0.1) is 0 Å². The van der Waals surface area contributed by atoms with Crippen molar-refractivity contribution in [2.75, 3.05) is 12.4 Å². The molecule has 7 heteroatoms. The summed E-state index contributed by atoms with van der Waals surface area (Å²) in [6.45, 7) is 4.55. The lowest BCUT2D eigenvalue weighted by Gasteiger charge is -2.12. The number of para-hydroxylation sites is 1. The molecule has 0 aliphatic heterocycles. The Morgan fingerprint density at radius 3 is 2.50 bits per heavy atom. The van der Waals surface area contributed by atoms with Gasteiger partial charge in [-0.1, -0.05) is 44.2 Å². The summed E-state index contributed by atoms with van der Waals surface area (Å²) in [4.78, 5) is 12.6. The quantitative estimate of drug-likeness (QED) is 0.439. The molecular formula is C21H23N3O3S. The molecule has 1 heterocycles. The van der Waals surface area contributed by atoms with Crippen molar-refractivity contribution in [1.29, 1.82) is 0 Å². The number of amides is 1. The second kappa shape index (κ2) is 8.86. The molecule has 28 heavy (non-hydrogen) atoms. The smallest absolute Gasteiger partial charge is 0.305 e. The van der Waals surface area contributed by atoms with Crippen LogP contribution in [0.25, 0.3) is 11.0 Å². The Kier molecular flexibility index (Phi) is 6.28. The van der Waals surface area contributed by atoms with Crippen LogP contribution < -0.4 is 16.2 Å². The second-order valence-electron chi connectivity index (χ2n) is 6.65. The maximum atomic E-state index is 12.6. The largest absolute Gasteiger partial charge is 0.450 e. The first-order chi connectivity index (χ1) is 13.5. The molecule has 3 aromatic rings. The van der Waals surface area contributed by atoms with Crippen molar-refractivity contribution >= 4 is 39.9 Å². The minimum absolute atomic E-state index is 0.194. The number of rotatable bonds is 5. The summed E-state index contributed by atoms with van der Waals surface area (Å²) in [7, 11) is 1.57. The van der Waals surface area contributed by atoms with Gasteiger partial charge in [-0.25, -0.2) is 0 Å². The van der Waals surface area contributed by atoms with Crippen LogP contribution in [0.5, 0.6) is 0 Å². The zero-order chi connectivity index (χ0) is 20.1. The van der Waals surface area contributed by atoms with E-state index in [2.05, 4.69) is 30.0 Å². The molecule has 0 spiro atoms. The van der Waals surface area contributed by atoms with Crippen LogP contribution in [0.15, 0.2) is 52.9 Å². The third kappa shape index (κ3) is 4.49. The number of hydrogen-bond acceptors (Lipinski definition) is 4. The fraction of sp³-hybridized carbons (Fsp3) is 0.238. The number of anilines is 1. The van der Waals surface area contributed by atoms with Gasteiger partial charge in [-0.2, -0.15) is 0 Å². The van der Waals surface area contributed by atoms with E-state index in [1.54, 1.807) is 7.11 Å². The monoisotopic (exact) mass is 397 g/mol. The summed E-state index contributed by atoms with van der Waals surface area (Å²) >= 11 is 5.24. The molecule has 0 fully saturated rings. The number of ether oxygens (including phenoxy) is 1. The summed E-state index contributed by atoms with van der Waals surface area (Å²) in [5, 5.41) is 4.15. The van der Waals surface area contributed by atoms with Gasteiger partial charge < -0.3 is 14.5 Å². The minimum atomic E-state index is -0.428. The molecule has 3 N–H and O–H groups in total. The van der Waals surface area contributed by atoms with Crippen LogP contribution >= 0.6 is 12.2 Å². The summed E-state index contributed by atoms with van der Waals surface area (Å²) < 4.78 is 10.9. The Labute approximate surface area is 169 Å². The second-order valence-corrected chi connectivity index (χ2v) is 7.06. The normalized spacial score (nSPS) is 10.9. The van der Waals surface area contributed by atoms with E-state index in [4.69, 9.17) is 21.4 Å². The fourth-order valence-corrected chi connectivity index (χ4v) is 3.02. The molecule has 1 aromatic heterocycles. The number of carbonyl (C=O) groups is 1. The van der Waals surface area contributed by atoms with Crippen LogP contribution in [0, 0.1) is 0 Å². The number of thiocarbonyl (C=S) groups is 1. The van der Waals surface area contributed by atoms with Crippen molar-refractivity contribution in [3.63, 3.8) is 0 Å². The molecule has 0 atom stereocenters. The highest BCUT2D eigenvalue weighted by molar-refractivity contribution is 7.80. The van der Waals surface area contributed by atoms with Gasteiger partial charge in [-0.05, 0) is 41.9 Å². The SMILES string of the molecule is COCc1c(C(=O)NNC(=S)Nc2ccc(C(C)C)cc2)oc2ccccc12. The number of carbonyl (C=O) groups excluding carboxylic acids is 1. The molecule has 1 amide bonds. The summed E-state index contributed by atoms with van der Waals surface area (Å²) in [6.07, 6.45) is 0. The Bertz CT molecular complexity index is 980. The van der Waals surface area contributed by atoms with Gasteiger partial charge in [0.2, 0.25) is 0 Å². The number of hydrazine groups is 1. The maximum absolute atomic E-state index is 12.6. The maximum Gasteiger partial charge on any atom is 0.305 e. The minimum Gasteiger partial charge on any atom is -0.450 e. The van der Waals surface area contributed by atoms with Crippen molar-refractivity contribution in [2.24, 2.45) is 0 Å². The Hall–Kier alpha value is -2.90. The highest BCUT2D eigenvalue weighted by Crippen LogP contribution is 2.26. The first-order valence-electron chi connectivity index (χ1n) is 8.96. The average molecular weight is 398 g/mol. The zero-order valence-corrected chi connectivity index (χ0v) is 16.9. The highest BCUT2D eigenvalue weighted by Gasteiger charge is 2.20. The zero-order valence-electron chi connectivity index (χ0n) is 16.0. The lowest BCUT2D eigenvalue weighted by molar-refractivity contribution is 0.0912. The summed E-state index contributed by atoms with van der Waals surface area (Å²) in [5.41, 5.74) is 8.67. The van der Waals surface area contributed by atoms with Gasteiger partial charge in [-0.3, -0.25) is 15.6 Å². The lowest BCUT2D eigenvalue weighted by atomic mass is 10.0. The number of nitrogens with one attached hydrogen (secondary N) is 3. The molecule has 0 saturated carbocycles. The third-order valence-electron chi connectivity index (χ3n) is 4.32. The van der Waals surface area contributed by atoms with Crippen LogP contribution in [0.3, 0.4) is 0 Å². The van der Waals surface area contributed by atoms with Crippen molar-refractivity contribution < 1.29 is 13.9 Å². The molecule has 6 nitrogen and oxygen atoms in total. The van der Waals surface area contributed by atoms with Crippen molar-refractivity contribution in [1.82, 2.24) is 10.9 Å². The highest BCUT2D eigenvalue weighted by atomic mass is 32.1. The van der Waals surface area contributed by atoms with E-state index in [9.17, 15) is 4.79 Å². The standard InChI is InChI=1S/C21H23N3O3S/c1-13(2)14-8-10-15(11-9-14)22-21(28)24-23-20(25)19-17(12-26-3)16-6-4-5-7-18(16)27-19/h4-11,13H,12H2,1-3H3,(H,23,25)(H2,22,24,28). The number of fused-ring (bicyclic) bond motifs is 1. The molecule has 0 saturated heterocycles. The molecule has 0 aliphatic rings. The van der Waals surface area contributed by atoms with Crippen LogP contribution in [-0.4, -0.2) is 18.1 Å².